The number of hydrogen-bond donors (Lipinski definition) is 1. The highest BCUT2D eigenvalue weighted by Crippen LogP contribution is 2.14. The third-order valence-corrected chi connectivity index (χ3v) is 7.30. The molecule has 0 aromatic heterocycles. The van der Waals surface area contributed by atoms with Crippen molar-refractivity contribution in [2.45, 2.75) is 161 Å². The lowest BCUT2D eigenvalue weighted by Crippen LogP contribution is -1.93. The standard InChI is InChI=1S/C40H66O2/c1-2-3-4-5-6-7-8-9-10-11-12-13-14-15-16-17-18-19-20-21-22-23-24-25-26-27-28-29-30-31-32-33-34-35-36-37-38-39-40(41)42/h3-4,6-7,9-10,12-13,15-16,18-19,21-22H,2,5,8,11,14,17,20,23-39H2,1H3,(H,41,42)/b4-3-,7-6-,10-9-,13-12-,16-15-,19-18-,22-21-. The van der Waals surface area contributed by atoms with Gasteiger partial charge in [0.1, 0.15) is 0 Å². The molecule has 0 fully saturated rings. The predicted molar refractivity (Wildman–Crippen MR) is 188 cm³/mol. The Hall–Kier alpha value is -2.35. The molecule has 42 heavy (non-hydrogen) atoms. The van der Waals surface area contributed by atoms with Crippen LogP contribution in [0.1, 0.15) is 161 Å². The van der Waals surface area contributed by atoms with Gasteiger partial charge in [-0.25, -0.2) is 0 Å². The molecule has 0 heterocycles. The Kier molecular flexibility index (Phi) is 34.6. The molecule has 0 aliphatic rings. The Bertz CT molecular complexity index is 763. The van der Waals surface area contributed by atoms with Crippen LogP contribution in [0.25, 0.3) is 0 Å². The van der Waals surface area contributed by atoms with E-state index in [1.165, 1.54) is 89.9 Å². The van der Waals surface area contributed by atoms with Crippen molar-refractivity contribution < 1.29 is 9.90 Å². The molecule has 1 N–H and O–H groups in total. The van der Waals surface area contributed by atoms with Crippen molar-refractivity contribution in [2.24, 2.45) is 0 Å². The lowest BCUT2D eigenvalue weighted by Gasteiger charge is -2.03. The van der Waals surface area contributed by atoms with E-state index in [0.717, 1.165) is 57.8 Å². The quantitative estimate of drug-likeness (QED) is 0.0656. The minimum absolute atomic E-state index is 0.336. The third kappa shape index (κ3) is 37.6. The number of unbranched alkanes of at least 4 members (excludes halogenated alkanes) is 15. The number of hydrogen-bond acceptors (Lipinski definition) is 1. The minimum atomic E-state index is -0.657. The first-order chi connectivity index (χ1) is 20.8. The predicted octanol–water partition coefficient (Wildman–Crippen LogP) is 13.3. The van der Waals surface area contributed by atoms with Crippen LogP contribution >= 0.6 is 0 Å². The zero-order valence-electron chi connectivity index (χ0n) is 27.4. The van der Waals surface area contributed by atoms with Gasteiger partial charge >= 0.3 is 5.97 Å². The molecule has 0 rings (SSSR count). The second-order valence-electron chi connectivity index (χ2n) is 11.4. The second kappa shape index (κ2) is 36.7. The maximum atomic E-state index is 10.5. The summed E-state index contributed by atoms with van der Waals surface area (Å²) in [4.78, 5) is 10.5. The summed E-state index contributed by atoms with van der Waals surface area (Å²) in [6.07, 6.45) is 60.1. The van der Waals surface area contributed by atoms with Crippen molar-refractivity contribution in [3.05, 3.63) is 85.1 Å². The van der Waals surface area contributed by atoms with Crippen molar-refractivity contribution in [1.82, 2.24) is 0 Å². The van der Waals surface area contributed by atoms with Gasteiger partial charge in [-0.15, -0.1) is 0 Å². The van der Waals surface area contributed by atoms with E-state index in [1.54, 1.807) is 0 Å². The van der Waals surface area contributed by atoms with Crippen molar-refractivity contribution in [3.63, 3.8) is 0 Å². The zero-order valence-corrected chi connectivity index (χ0v) is 27.4. The fraction of sp³-hybridized carbons (Fsp3) is 0.625. The highest BCUT2D eigenvalue weighted by atomic mass is 16.4. The summed E-state index contributed by atoms with van der Waals surface area (Å²) in [6, 6.07) is 0. The maximum Gasteiger partial charge on any atom is 0.303 e. The smallest absolute Gasteiger partial charge is 0.303 e. The molecule has 238 valence electrons. The molecule has 0 aromatic carbocycles. The second-order valence-corrected chi connectivity index (χ2v) is 11.4. The first-order valence-electron chi connectivity index (χ1n) is 17.5. The maximum absolute atomic E-state index is 10.5. The number of carbonyl (C=O) groups is 1. The van der Waals surface area contributed by atoms with Crippen LogP contribution in [0.15, 0.2) is 85.1 Å². The van der Waals surface area contributed by atoms with E-state index in [4.69, 9.17) is 5.11 Å². The fourth-order valence-electron chi connectivity index (χ4n) is 4.75. The van der Waals surface area contributed by atoms with Crippen molar-refractivity contribution >= 4 is 5.97 Å². The average Bonchev–Trinajstić information content (AvgIpc) is 2.98. The van der Waals surface area contributed by atoms with Gasteiger partial charge in [0.25, 0.3) is 0 Å². The Morgan fingerprint density at radius 2 is 0.643 bits per heavy atom. The van der Waals surface area contributed by atoms with Crippen LogP contribution in [0.3, 0.4) is 0 Å². The number of rotatable bonds is 31. The third-order valence-electron chi connectivity index (χ3n) is 7.30. The Labute approximate surface area is 261 Å². The molecule has 2 nitrogen and oxygen atoms in total. The summed E-state index contributed by atoms with van der Waals surface area (Å²) < 4.78 is 0. The first-order valence-corrected chi connectivity index (χ1v) is 17.5. The summed E-state index contributed by atoms with van der Waals surface area (Å²) in [5.41, 5.74) is 0. The molecule has 0 spiro atoms. The topological polar surface area (TPSA) is 37.3 Å². The highest BCUT2D eigenvalue weighted by molar-refractivity contribution is 5.66. The Morgan fingerprint density at radius 3 is 0.952 bits per heavy atom. The molecule has 0 saturated carbocycles. The van der Waals surface area contributed by atoms with Crippen LogP contribution in [0, 0.1) is 0 Å². The largest absolute Gasteiger partial charge is 0.481 e. The molecule has 0 amide bonds. The number of aliphatic carboxylic acids is 1. The zero-order chi connectivity index (χ0) is 30.4. The minimum Gasteiger partial charge on any atom is -0.481 e. The van der Waals surface area contributed by atoms with Gasteiger partial charge in [-0.1, -0.05) is 175 Å². The lowest BCUT2D eigenvalue weighted by molar-refractivity contribution is -0.137. The lowest BCUT2D eigenvalue weighted by atomic mass is 10.0. The first kappa shape index (κ1) is 39.6. The van der Waals surface area contributed by atoms with E-state index in [9.17, 15) is 4.79 Å². The van der Waals surface area contributed by atoms with Gasteiger partial charge in [0.15, 0.2) is 0 Å². The van der Waals surface area contributed by atoms with Gasteiger partial charge in [-0.3, -0.25) is 4.79 Å². The van der Waals surface area contributed by atoms with Crippen molar-refractivity contribution in [2.75, 3.05) is 0 Å². The Balaban J connectivity index is 3.34. The summed E-state index contributed by atoms with van der Waals surface area (Å²) in [7, 11) is 0. The SMILES string of the molecule is CC/C=C\C/C=C\C/C=C\C/C=C\C/C=C\C/C=C\C/C=C\CCCCCCCCCCCCCCCCCC(=O)O. The van der Waals surface area contributed by atoms with E-state index in [-0.39, 0.29) is 0 Å². The molecule has 0 aliphatic heterocycles. The van der Waals surface area contributed by atoms with Crippen LogP contribution in [0.4, 0.5) is 0 Å². The summed E-state index contributed by atoms with van der Waals surface area (Å²) in [5.74, 6) is -0.657. The van der Waals surface area contributed by atoms with Gasteiger partial charge in [0.05, 0.1) is 0 Å². The van der Waals surface area contributed by atoms with Gasteiger partial charge in [-0.2, -0.15) is 0 Å². The summed E-state index contributed by atoms with van der Waals surface area (Å²) in [6.45, 7) is 2.17. The van der Waals surface area contributed by atoms with E-state index in [2.05, 4.69) is 92.0 Å². The van der Waals surface area contributed by atoms with Crippen molar-refractivity contribution in [1.29, 1.82) is 0 Å². The van der Waals surface area contributed by atoms with Gasteiger partial charge in [0.2, 0.25) is 0 Å². The molecular weight excluding hydrogens is 512 g/mol. The fourth-order valence-corrected chi connectivity index (χ4v) is 4.75. The van der Waals surface area contributed by atoms with Gasteiger partial charge in [0, 0.05) is 6.42 Å². The normalized spacial score (nSPS) is 12.8. The monoisotopic (exact) mass is 579 g/mol. The van der Waals surface area contributed by atoms with Crippen LogP contribution in [-0.4, -0.2) is 11.1 Å². The molecule has 0 saturated heterocycles. The molecule has 0 unspecified atom stereocenters. The van der Waals surface area contributed by atoms with Crippen LogP contribution in [0.2, 0.25) is 0 Å². The van der Waals surface area contributed by atoms with E-state index < -0.39 is 5.97 Å². The molecular formula is C40H66O2. The molecule has 0 atom stereocenters. The van der Waals surface area contributed by atoms with E-state index in [0.29, 0.717) is 6.42 Å². The molecule has 0 bridgehead atoms. The van der Waals surface area contributed by atoms with Crippen molar-refractivity contribution in [3.8, 4) is 0 Å². The molecule has 0 aromatic rings. The van der Waals surface area contributed by atoms with Gasteiger partial charge < -0.3 is 5.11 Å². The number of allylic oxidation sites excluding steroid dienone is 14. The summed E-state index contributed by atoms with van der Waals surface area (Å²) >= 11 is 0. The number of carboxylic acids is 1. The Morgan fingerprint density at radius 1 is 0.381 bits per heavy atom. The van der Waals surface area contributed by atoms with Gasteiger partial charge in [-0.05, 0) is 64.2 Å². The average molecular weight is 579 g/mol. The van der Waals surface area contributed by atoms with Crippen LogP contribution in [0.5, 0.6) is 0 Å². The summed E-state index contributed by atoms with van der Waals surface area (Å²) in [5, 5.41) is 8.63. The molecule has 0 radical (unpaired) electrons. The van der Waals surface area contributed by atoms with Crippen LogP contribution in [-0.2, 0) is 4.79 Å². The highest BCUT2D eigenvalue weighted by Gasteiger charge is 1.97. The molecule has 0 aliphatic carbocycles. The molecule has 2 heteroatoms. The van der Waals surface area contributed by atoms with E-state index >= 15 is 0 Å². The van der Waals surface area contributed by atoms with E-state index in [1.807, 2.05) is 0 Å². The van der Waals surface area contributed by atoms with Crippen LogP contribution < -0.4 is 0 Å². The number of carboxylic acid groups (broad SMARTS) is 1.